The smallest absolute Gasteiger partial charge is 0.132 e. The lowest BCUT2D eigenvalue weighted by Gasteiger charge is -2.47. The summed E-state index contributed by atoms with van der Waals surface area (Å²) in [5.41, 5.74) is 17.5. The SMILES string of the molecule is c1ccc(N(c2ccc3c(c2)C(c2ccccc2)(c2ccccc2)c2ccccc2N3c2ccccc2)c2cccc3c2-c2ccccc2C32c3ccccc3Oc3ccccc32)cc1. The maximum absolute atomic E-state index is 6.71. The molecule has 0 unspecified atom stereocenters. The van der Waals surface area contributed by atoms with Crippen LogP contribution in [0, 0.1) is 0 Å². The molecule has 3 heteroatoms. The summed E-state index contributed by atoms with van der Waals surface area (Å²) in [5, 5.41) is 0. The van der Waals surface area contributed by atoms with E-state index in [-0.39, 0.29) is 0 Å². The van der Waals surface area contributed by atoms with Gasteiger partial charge in [-0.15, -0.1) is 0 Å². The number of anilines is 6. The van der Waals surface area contributed by atoms with E-state index in [4.69, 9.17) is 4.74 Å². The Labute approximate surface area is 379 Å². The van der Waals surface area contributed by atoms with E-state index in [1.165, 1.54) is 44.5 Å². The molecule has 0 atom stereocenters. The minimum Gasteiger partial charge on any atom is -0.457 e. The summed E-state index contributed by atoms with van der Waals surface area (Å²) in [6.45, 7) is 0. The standard InChI is InChI=1S/C62H42N2O/c1-5-22-43(23-6-1)61(44-24-7-2-8-25-44)50-32-15-18-36-55(50)64(46-28-11-4-12-29-46)56-41-40-47(42-54(56)61)63(45-26-9-3-10-27-45)57-37-21-35-53-60(57)48-30-13-14-31-49(48)62(53)51-33-16-19-38-58(51)65-59-39-20-17-34-52(59)62/h1-42H. The summed E-state index contributed by atoms with van der Waals surface area (Å²) in [5.74, 6) is 1.77. The van der Waals surface area contributed by atoms with Crippen LogP contribution in [0.1, 0.15) is 44.5 Å². The van der Waals surface area contributed by atoms with Crippen LogP contribution in [0.3, 0.4) is 0 Å². The Hall–Kier alpha value is -8.40. The average Bonchev–Trinajstić information content (AvgIpc) is 3.68. The van der Waals surface area contributed by atoms with E-state index in [9.17, 15) is 0 Å². The Kier molecular flexibility index (Phi) is 8.34. The molecule has 0 aromatic heterocycles. The van der Waals surface area contributed by atoms with Crippen LogP contribution in [0.2, 0.25) is 0 Å². The number of hydrogen-bond donors (Lipinski definition) is 0. The fraction of sp³-hybridized carbons (Fsp3) is 0.0323. The lowest BCUT2D eigenvalue weighted by molar-refractivity contribution is 0.436. The molecule has 65 heavy (non-hydrogen) atoms. The van der Waals surface area contributed by atoms with Gasteiger partial charge in [0.2, 0.25) is 0 Å². The first-order valence-electron chi connectivity index (χ1n) is 22.4. The molecule has 306 valence electrons. The third-order valence-corrected chi connectivity index (χ3v) is 14.0. The Bertz CT molecular complexity index is 3330. The first kappa shape index (κ1) is 37.2. The van der Waals surface area contributed by atoms with Gasteiger partial charge in [0.25, 0.3) is 0 Å². The predicted molar refractivity (Wildman–Crippen MR) is 265 cm³/mol. The van der Waals surface area contributed by atoms with Crippen molar-refractivity contribution in [3.05, 3.63) is 299 Å². The number of benzene rings is 10. The second-order valence-corrected chi connectivity index (χ2v) is 17.1. The van der Waals surface area contributed by atoms with Crippen molar-refractivity contribution < 1.29 is 4.74 Å². The van der Waals surface area contributed by atoms with Crippen LogP contribution in [-0.2, 0) is 10.8 Å². The van der Waals surface area contributed by atoms with Gasteiger partial charge >= 0.3 is 0 Å². The number of ether oxygens (including phenoxy) is 1. The molecule has 0 fully saturated rings. The lowest BCUT2D eigenvalue weighted by atomic mass is 9.62. The van der Waals surface area contributed by atoms with Crippen molar-refractivity contribution in [1.29, 1.82) is 0 Å². The van der Waals surface area contributed by atoms with Crippen LogP contribution in [-0.4, -0.2) is 0 Å². The van der Waals surface area contributed by atoms with Gasteiger partial charge < -0.3 is 14.5 Å². The zero-order chi connectivity index (χ0) is 43.0. The highest BCUT2D eigenvalue weighted by Gasteiger charge is 2.52. The fourth-order valence-corrected chi connectivity index (χ4v) is 11.5. The van der Waals surface area contributed by atoms with E-state index in [1.807, 2.05) is 0 Å². The molecular weight excluding hydrogens is 789 g/mol. The highest BCUT2D eigenvalue weighted by molar-refractivity contribution is 5.99. The Morgan fingerprint density at radius 2 is 0.846 bits per heavy atom. The normalized spacial score (nSPS) is 14.2. The summed E-state index contributed by atoms with van der Waals surface area (Å²) in [6, 6.07) is 93.1. The first-order chi connectivity index (χ1) is 32.3. The fourth-order valence-electron chi connectivity index (χ4n) is 11.5. The van der Waals surface area contributed by atoms with E-state index in [2.05, 4.69) is 265 Å². The van der Waals surface area contributed by atoms with Gasteiger partial charge in [-0.1, -0.05) is 188 Å². The average molecular weight is 831 g/mol. The van der Waals surface area contributed by atoms with Gasteiger partial charge in [-0.05, 0) is 106 Å². The van der Waals surface area contributed by atoms with Gasteiger partial charge in [0.1, 0.15) is 11.5 Å². The van der Waals surface area contributed by atoms with Crippen molar-refractivity contribution in [2.75, 3.05) is 9.80 Å². The lowest BCUT2D eigenvalue weighted by Crippen LogP contribution is -2.38. The van der Waals surface area contributed by atoms with Crippen LogP contribution < -0.4 is 14.5 Å². The first-order valence-corrected chi connectivity index (χ1v) is 22.4. The van der Waals surface area contributed by atoms with Crippen LogP contribution in [0.15, 0.2) is 255 Å². The molecule has 0 bridgehead atoms. The molecule has 2 aliphatic heterocycles. The topological polar surface area (TPSA) is 15.7 Å². The second kappa shape index (κ2) is 14.6. The summed E-state index contributed by atoms with van der Waals surface area (Å²) in [6.07, 6.45) is 0. The van der Waals surface area contributed by atoms with E-state index in [0.717, 1.165) is 56.8 Å². The van der Waals surface area contributed by atoms with Gasteiger partial charge in [0.05, 0.1) is 27.9 Å². The molecule has 3 aliphatic rings. The zero-order valence-electron chi connectivity index (χ0n) is 35.6. The number of fused-ring (bicyclic) bond motifs is 11. The Morgan fingerprint density at radius 3 is 1.51 bits per heavy atom. The minimum atomic E-state index is -0.664. The Morgan fingerprint density at radius 1 is 0.338 bits per heavy atom. The Balaban J connectivity index is 1.13. The van der Waals surface area contributed by atoms with Crippen molar-refractivity contribution >= 4 is 34.1 Å². The monoisotopic (exact) mass is 830 g/mol. The van der Waals surface area contributed by atoms with Crippen LogP contribution in [0.4, 0.5) is 34.1 Å². The van der Waals surface area contributed by atoms with Crippen molar-refractivity contribution in [1.82, 2.24) is 0 Å². The van der Waals surface area contributed by atoms with Gasteiger partial charge in [-0.3, -0.25) is 0 Å². The van der Waals surface area contributed by atoms with Crippen molar-refractivity contribution in [3.8, 4) is 22.6 Å². The highest BCUT2D eigenvalue weighted by atomic mass is 16.5. The molecule has 0 saturated heterocycles. The molecule has 0 amide bonds. The number of nitrogens with zero attached hydrogens (tertiary/aromatic N) is 2. The third-order valence-electron chi connectivity index (χ3n) is 14.0. The highest BCUT2D eigenvalue weighted by Crippen LogP contribution is 2.65. The number of para-hydroxylation sites is 5. The third kappa shape index (κ3) is 5.24. The molecule has 13 rings (SSSR count). The van der Waals surface area contributed by atoms with Crippen molar-refractivity contribution in [3.63, 3.8) is 0 Å². The molecular formula is C62H42N2O. The molecule has 0 radical (unpaired) electrons. The van der Waals surface area contributed by atoms with Gasteiger partial charge in [-0.25, -0.2) is 0 Å². The summed E-state index contributed by atoms with van der Waals surface area (Å²) < 4.78 is 6.71. The van der Waals surface area contributed by atoms with E-state index < -0.39 is 10.8 Å². The summed E-state index contributed by atoms with van der Waals surface area (Å²) >= 11 is 0. The number of rotatable bonds is 6. The van der Waals surface area contributed by atoms with E-state index in [1.54, 1.807) is 0 Å². The van der Waals surface area contributed by atoms with Gasteiger partial charge in [-0.2, -0.15) is 0 Å². The molecule has 10 aromatic rings. The van der Waals surface area contributed by atoms with Gasteiger partial charge in [0.15, 0.2) is 0 Å². The van der Waals surface area contributed by atoms with Crippen LogP contribution in [0.25, 0.3) is 11.1 Å². The van der Waals surface area contributed by atoms with Crippen LogP contribution in [0.5, 0.6) is 11.5 Å². The molecule has 1 aliphatic carbocycles. The molecule has 1 spiro atoms. The van der Waals surface area contributed by atoms with E-state index in [0.29, 0.717) is 0 Å². The molecule has 10 aromatic carbocycles. The quantitative estimate of drug-likeness (QED) is 0.166. The summed E-state index contributed by atoms with van der Waals surface area (Å²) in [7, 11) is 0. The number of hydrogen-bond acceptors (Lipinski definition) is 3. The van der Waals surface area contributed by atoms with Crippen molar-refractivity contribution in [2.24, 2.45) is 0 Å². The molecule has 0 N–H and O–H groups in total. The minimum absolute atomic E-state index is 0.596. The maximum Gasteiger partial charge on any atom is 0.132 e. The van der Waals surface area contributed by atoms with Crippen LogP contribution >= 0.6 is 0 Å². The molecule has 3 nitrogen and oxygen atoms in total. The van der Waals surface area contributed by atoms with Crippen molar-refractivity contribution in [2.45, 2.75) is 10.8 Å². The zero-order valence-corrected chi connectivity index (χ0v) is 35.6. The second-order valence-electron chi connectivity index (χ2n) is 17.1. The maximum atomic E-state index is 6.71. The van der Waals surface area contributed by atoms with Gasteiger partial charge in [0, 0.05) is 33.8 Å². The molecule has 2 heterocycles. The van der Waals surface area contributed by atoms with E-state index >= 15 is 0 Å². The largest absolute Gasteiger partial charge is 0.457 e. The molecule has 0 saturated carbocycles. The summed E-state index contributed by atoms with van der Waals surface area (Å²) in [4.78, 5) is 4.94. The predicted octanol–water partition coefficient (Wildman–Crippen LogP) is 15.8.